The van der Waals surface area contributed by atoms with Gasteiger partial charge >= 0.3 is 0 Å². The van der Waals surface area contributed by atoms with E-state index >= 15 is 0 Å². The maximum absolute atomic E-state index is 4.76. The van der Waals surface area contributed by atoms with Gasteiger partial charge in [-0.15, -0.1) is 11.3 Å². The van der Waals surface area contributed by atoms with Crippen molar-refractivity contribution in [2.24, 2.45) is 0 Å². The van der Waals surface area contributed by atoms with E-state index in [1.54, 1.807) is 11.3 Å². The number of benzene rings is 1. The van der Waals surface area contributed by atoms with Crippen LogP contribution in [0.4, 0.5) is 0 Å². The van der Waals surface area contributed by atoms with Crippen LogP contribution in [0.5, 0.6) is 0 Å². The Morgan fingerprint density at radius 2 is 1.83 bits per heavy atom. The number of imidazole rings is 1. The summed E-state index contributed by atoms with van der Waals surface area (Å²) in [5.41, 5.74) is 4.10. The van der Waals surface area contributed by atoms with Crippen molar-refractivity contribution >= 4 is 16.9 Å². The number of pyridine rings is 1. The summed E-state index contributed by atoms with van der Waals surface area (Å²) in [5.74, 6) is 7.39. The van der Waals surface area contributed by atoms with Crippen LogP contribution in [0.2, 0.25) is 0 Å². The van der Waals surface area contributed by atoms with Crippen molar-refractivity contribution in [1.82, 2.24) is 9.38 Å². The van der Waals surface area contributed by atoms with Gasteiger partial charge in [0.25, 0.3) is 0 Å². The van der Waals surface area contributed by atoms with Crippen LogP contribution in [0.15, 0.2) is 66.2 Å². The van der Waals surface area contributed by atoms with Crippen LogP contribution in [0.3, 0.4) is 0 Å². The minimum Gasteiger partial charge on any atom is -0.298 e. The van der Waals surface area contributed by atoms with Crippen LogP contribution in [0.25, 0.3) is 16.2 Å². The fourth-order valence-electron chi connectivity index (χ4n) is 2.48. The van der Waals surface area contributed by atoms with Gasteiger partial charge in [0.15, 0.2) is 5.82 Å². The number of aryl methyl sites for hydroxylation is 1. The molecule has 3 heteroatoms. The molecule has 0 aliphatic heterocycles. The summed E-state index contributed by atoms with van der Waals surface area (Å²) in [6.45, 7) is 2.08. The molecule has 0 amide bonds. The lowest BCUT2D eigenvalue weighted by Crippen LogP contribution is -1.85. The third-order valence-corrected chi connectivity index (χ3v) is 4.53. The molecule has 23 heavy (non-hydrogen) atoms. The summed E-state index contributed by atoms with van der Waals surface area (Å²) in [6.07, 6.45) is 2.04. The Hall–Kier alpha value is -2.83. The van der Waals surface area contributed by atoms with E-state index in [-0.39, 0.29) is 0 Å². The highest BCUT2D eigenvalue weighted by Gasteiger charge is 2.11. The highest BCUT2D eigenvalue weighted by Crippen LogP contribution is 2.26. The topological polar surface area (TPSA) is 17.3 Å². The third-order valence-electron chi connectivity index (χ3n) is 3.67. The quantitative estimate of drug-likeness (QED) is 0.463. The second-order valence-corrected chi connectivity index (χ2v) is 6.28. The van der Waals surface area contributed by atoms with Gasteiger partial charge in [-0.3, -0.25) is 4.40 Å². The molecule has 2 nitrogen and oxygen atoms in total. The lowest BCUT2D eigenvalue weighted by Gasteiger charge is -1.96. The zero-order valence-electron chi connectivity index (χ0n) is 12.7. The summed E-state index contributed by atoms with van der Waals surface area (Å²) in [5, 5.41) is 2.07. The summed E-state index contributed by atoms with van der Waals surface area (Å²) < 4.78 is 2.10. The summed E-state index contributed by atoms with van der Waals surface area (Å²) in [7, 11) is 0. The van der Waals surface area contributed by atoms with Gasteiger partial charge < -0.3 is 0 Å². The monoisotopic (exact) mass is 314 g/mol. The van der Waals surface area contributed by atoms with Gasteiger partial charge in [0.2, 0.25) is 0 Å². The lowest BCUT2D eigenvalue weighted by atomic mass is 10.1. The molecule has 4 aromatic rings. The van der Waals surface area contributed by atoms with Crippen molar-refractivity contribution < 1.29 is 0 Å². The molecule has 0 aliphatic carbocycles. The molecule has 0 aliphatic rings. The number of thiophene rings is 1. The average Bonchev–Trinajstić information content (AvgIpc) is 3.22. The average molecular weight is 314 g/mol. The smallest absolute Gasteiger partial charge is 0.156 e. The van der Waals surface area contributed by atoms with Gasteiger partial charge in [0.1, 0.15) is 5.69 Å². The van der Waals surface area contributed by atoms with Crippen molar-refractivity contribution in [3.8, 4) is 22.5 Å². The Labute approximate surface area is 139 Å². The van der Waals surface area contributed by atoms with E-state index in [1.807, 2.05) is 36.5 Å². The van der Waals surface area contributed by atoms with E-state index in [0.717, 1.165) is 27.5 Å². The highest BCUT2D eigenvalue weighted by molar-refractivity contribution is 7.13. The number of fused-ring (bicyclic) bond motifs is 1. The number of nitrogens with zero attached hydrogens (tertiary/aromatic N) is 2. The van der Waals surface area contributed by atoms with Crippen molar-refractivity contribution in [2.45, 2.75) is 6.92 Å². The molecule has 3 heterocycles. The number of hydrogen-bond donors (Lipinski definition) is 0. The molecular weight excluding hydrogens is 300 g/mol. The van der Waals surface area contributed by atoms with Crippen LogP contribution in [0.1, 0.15) is 16.8 Å². The third kappa shape index (κ3) is 2.65. The zero-order valence-corrected chi connectivity index (χ0v) is 13.5. The molecule has 0 unspecified atom stereocenters. The van der Waals surface area contributed by atoms with Gasteiger partial charge in [-0.25, -0.2) is 4.98 Å². The maximum Gasteiger partial charge on any atom is 0.156 e. The van der Waals surface area contributed by atoms with Crippen LogP contribution < -0.4 is 0 Å². The van der Waals surface area contributed by atoms with Crippen LogP contribution in [-0.4, -0.2) is 9.38 Å². The van der Waals surface area contributed by atoms with Gasteiger partial charge in [-0.2, -0.15) is 0 Å². The van der Waals surface area contributed by atoms with E-state index in [4.69, 9.17) is 4.98 Å². The van der Waals surface area contributed by atoms with Gasteiger partial charge in [0.05, 0.1) is 10.4 Å². The molecule has 1 aromatic carbocycles. The predicted octanol–water partition coefficient (Wildman–Crippen LogP) is 4.77. The Balaban J connectivity index is 1.84. The Morgan fingerprint density at radius 1 is 0.957 bits per heavy atom. The van der Waals surface area contributed by atoms with E-state index in [2.05, 4.69) is 52.8 Å². The molecular formula is C20H14N2S. The standard InChI is InChI=1S/C20H14N2S/c1-15-7-9-16(10-8-15)11-12-17-18-5-2-3-13-22(18)20(21-17)19-6-4-14-23-19/h2-10,13-14H,1H3. The van der Waals surface area contributed by atoms with E-state index < -0.39 is 0 Å². The normalized spacial score (nSPS) is 10.5. The minimum absolute atomic E-state index is 0.814. The van der Waals surface area contributed by atoms with Gasteiger partial charge in [-0.1, -0.05) is 35.7 Å². The highest BCUT2D eigenvalue weighted by atomic mass is 32.1. The Bertz CT molecular complexity index is 1010. The summed E-state index contributed by atoms with van der Waals surface area (Å²) >= 11 is 1.69. The molecule has 0 spiro atoms. The second kappa shape index (κ2) is 5.75. The molecule has 4 rings (SSSR count). The van der Waals surface area contributed by atoms with Crippen LogP contribution >= 0.6 is 11.3 Å². The van der Waals surface area contributed by atoms with E-state index in [9.17, 15) is 0 Å². The molecule has 0 atom stereocenters. The van der Waals surface area contributed by atoms with Crippen molar-refractivity contribution in [3.63, 3.8) is 0 Å². The molecule has 0 saturated heterocycles. The minimum atomic E-state index is 0.814. The number of aromatic nitrogens is 2. The first-order chi connectivity index (χ1) is 11.3. The summed E-state index contributed by atoms with van der Waals surface area (Å²) in [6, 6.07) is 18.5. The van der Waals surface area contributed by atoms with Crippen molar-refractivity contribution in [2.75, 3.05) is 0 Å². The molecule has 0 N–H and O–H groups in total. The SMILES string of the molecule is Cc1ccc(C#Cc2nc(-c3cccs3)n3ccccc23)cc1. The Kier molecular flexibility index (Phi) is 3.45. The molecule has 110 valence electrons. The lowest BCUT2D eigenvalue weighted by molar-refractivity contribution is 1.17. The second-order valence-electron chi connectivity index (χ2n) is 5.33. The fraction of sp³-hybridized carbons (Fsp3) is 0.0500. The van der Waals surface area contributed by atoms with Crippen LogP contribution in [0, 0.1) is 18.8 Å². The first kappa shape index (κ1) is 13.8. The van der Waals surface area contributed by atoms with E-state index in [0.29, 0.717) is 0 Å². The van der Waals surface area contributed by atoms with Crippen molar-refractivity contribution in [3.05, 3.63) is 83.0 Å². The van der Waals surface area contributed by atoms with Gasteiger partial charge in [-0.05, 0) is 48.6 Å². The molecule has 0 radical (unpaired) electrons. The fourth-order valence-corrected chi connectivity index (χ4v) is 3.19. The molecule has 3 aromatic heterocycles. The largest absolute Gasteiger partial charge is 0.298 e. The zero-order chi connectivity index (χ0) is 15.6. The van der Waals surface area contributed by atoms with Crippen molar-refractivity contribution in [1.29, 1.82) is 0 Å². The molecule has 0 fully saturated rings. The van der Waals surface area contributed by atoms with E-state index in [1.165, 1.54) is 5.56 Å². The number of rotatable bonds is 1. The maximum atomic E-state index is 4.76. The number of hydrogen-bond acceptors (Lipinski definition) is 2. The summed E-state index contributed by atoms with van der Waals surface area (Å²) in [4.78, 5) is 5.91. The predicted molar refractivity (Wildman–Crippen MR) is 95.7 cm³/mol. The first-order valence-corrected chi connectivity index (χ1v) is 8.29. The Morgan fingerprint density at radius 3 is 2.61 bits per heavy atom. The molecule has 0 saturated carbocycles. The molecule has 0 bridgehead atoms. The van der Waals surface area contributed by atoms with Crippen LogP contribution in [-0.2, 0) is 0 Å². The first-order valence-electron chi connectivity index (χ1n) is 7.41. The van der Waals surface area contributed by atoms with Gasteiger partial charge in [0, 0.05) is 11.8 Å².